The third-order valence-electron chi connectivity index (χ3n) is 11.7. The Morgan fingerprint density at radius 2 is 1.37 bits per heavy atom. The average molecular weight is 576 g/mol. The van der Waals surface area contributed by atoms with Crippen LogP contribution in [0.4, 0.5) is 0 Å². The zero-order valence-corrected chi connectivity index (χ0v) is 27.1. The molecule has 43 heavy (non-hydrogen) atoms. The maximum absolute atomic E-state index is 11.2. The highest BCUT2D eigenvalue weighted by Crippen LogP contribution is 2.62. The van der Waals surface area contributed by atoms with Gasteiger partial charge in [0.25, 0.3) is 0 Å². The highest BCUT2D eigenvalue weighted by Gasteiger charge is 2.56. The molecule has 1 N–H and O–H groups in total. The monoisotopic (exact) mass is 575 g/mol. The number of allylic oxidation sites excluding steroid dienone is 8. The maximum atomic E-state index is 11.2. The Morgan fingerprint density at radius 1 is 0.791 bits per heavy atom. The van der Waals surface area contributed by atoms with Gasteiger partial charge in [-0.2, -0.15) is 0 Å². The van der Waals surface area contributed by atoms with Crippen molar-refractivity contribution in [2.45, 2.75) is 110 Å². The van der Waals surface area contributed by atoms with Gasteiger partial charge in [0.2, 0.25) is 0 Å². The maximum Gasteiger partial charge on any atom is 0.128 e. The van der Waals surface area contributed by atoms with Crippen molar-refractivity contribution in [2.24, 2.45) is 45.9 Å². The number of aromatic hydroxyl groups is 1. The van der Waals surface area contributed by atoms with Crippen LogP contribution in [0.1, 0.15) is 115 Å². The van der Waals surface area contributed by atoms with Crippen molar-refractivity contribution < 1.29 is 5.11 Å². The second kappa shape index (κ2) is 12.7. The number of nitrogens with zero attached hydrogens (tertiary/aromatic N) is 1. The summed E-state index contributed by atoms with van der Waals surface area (Å²) in [6.07, 6.45) is 34.9. The van der Waals surface area contributed by atoms with Crippen molar-refractivity contribution in [1.29, 1.82) is 0 Å². The van der Waals surface area contributed by atoms with E-state index in [1.807, 2.05) is 6.21 Å². The third kappa shape index (κ3) is 6.25. The minimum atomic E-state index is -0.171. The smallest absolute Gasteiger partial charge is 0.128 e. The lowest BCUT2D eigenvalue weighted by Crippen LogP contribution is -2.40. The fourth-order valence-electron chi connectivity index (χ4n) is 9.45. The average Bonchev–Trinajstić information content (AvgIpc) is 3.67. The minimum absolute atomic E-state index is 0.171. The zero-order chi connectivity index (χ0) is 30.0. The first-order valence-electron chi connectivity index (χ1n) is 17.4. The highest BCUT2D eigenvalue weighted by atomic mass is 16.3. The molecule has 0 bridgehead atoms. The number of phenols is 1. The normalized spacial score (nSPS) is 30.3. The van der Waals surface area contributed by atoms with E-state index >= 15 is 0 Å². The molecule has 0 amide bonds. The van der Waals surface area contributed by atoms with Crippen molar-refractivity contribution in [3.63, 3.8) is 0 Å². The Bertz CT molecular complexity index is 1330. The minimum Gasteiger partial charge on any atom is -0.507 e. The Hall–Kier alpha value is -2.79. The molecule has 1 aromatic carbocycles. The van der Waals surface area contributed by atoms with Crippen LogP contribution in [-0.2, 0) is 5.41 Å². The van der Waals surface area contributed by atoms with Crippen LogP contribution < -0.4 is 0 Å². The van der Waals surface area contributed by atoms with Crippen LogP contribution in [-0.4, -0.2) is 17.4 Å². The summed E-state index contributed by atoms with van der Waals surface area (Å²) in [6, 6.07) is 4.55. The lowest BCUT2D eigenvalue weighted by atomic mass is 9.58. The number of aliphatic imine (C=N–C) groups is 1. The van der Waals surface area contributed by atoms with E-state index in [2.05, 4.69) is 100 Å². The molecule has 6 rings (SSSR count). The predicted molar refractivity (Wildman–Crippen MR) is 181 cm³/mol. The summed E-state index contributed by atoms with van der Waals surface area (Å²) in [5.74, 6) is 11.5. The number of rotatable bonds is 6. The molecular formula is C41H53NO. The van der Waals surface area contributed by atoms with E-state index in [1.54, 1.807) is 0 Å². The van der Waals surface area contributed by atoms with Crippen LogP contribution in [0.25, 0.3) is 0 Å². The molecule has 1 aromatic rings. The number of benzene rings is 1. The molecule has 0 aliphatic heterocycles. The summed E-state index contributed by atoms with van der Waals surface area (Å²) in [5.41, 5.74) is 2.86. The quantitative estimate of drug-likeness (QED) is 0.266. The highest BCUT2D eigenvalue weighted by molar-refractivity contribution is 5.85. The lowest BCUT2D eigenvalue weighted by Gasteiger charge is -2.46. The molecule has 5 atom stereocenters. The first kappa shape index (κ1) is 30.2. The van der Waals surface area contributed by atoms with Crippen molar-refractivity contribution in [3.8, 4) is 17.6 Å². The fourth-order valence-corrected chi connectivity index (χ4v) is 9.45. The standard InChI is InChI=1S/C41H53NO/c1-40(2,3)37-27-29(26-30(39(37)43)28-42-32-19-6-5-7-20-32)16-14-15-25-41(4,31-17-8-9-18-31)38-35-23-12-10-21-33(35)34-22-11-13-24-36(34)38/h10-13,21-24,26-28,31-36,38,43H,5-9,15,17-20,25H2,1-4H3. The molecular weight excluding hydrogens is 522 g/mol. The summed E-state index contributed by atoms with van der Waals surface area (Å²) in [7, 11) is 0. The van der Waals surface area contributed by atoms with E-state index in [0.29, 0.717) is 41.4 Å². The van der Waals surface area contributed by atoms with Gasteiger partial charge in [0, 0.05) is 35.4 Å². The van der Waals surface area contributed by atoms with Crippen LogP contribution in [0, 0.1) is 52.8 Å². The molecule has 5 aliphatic rings. The summed E-state index contributed by atoms with van der Waals surface area (Å²) < 4.78 is 0. The van der Waals surface area contributed by atoms with Gasteiger partial charge in [-0.25, -0.2) is 0 Å². The van der Waals surface area contributed by atoms with Gasteiger partial charge >= 0.3 is 0 Å². The Kier molecular flexibility index (Phi) is 8.91. The summed E-state index contributed by atoms with van der Waals surface area (Å²) in [4.78, 5) is 4.91. The lowest BCUT2D eigenvalue weighted by molar-refractivity contribution is 0.0465. The molecule has 5 unspecified atom stereocenters. The van der Waals surface area contributed by atoms with Gasteiger partial charge in [0.05, 0.1) is 0 Å². The molecule has 3 fully saturated rings. The van der Waals surface area contributed by atoms with E-state index < -0.39 is 0 Å². The molecule has 2 nitrogen and oxygen atoms in total. The summed E-state index contributed by atoms with van der Waals surface area (Å²) in [5, 5.41) is 11.2. The van der Waals surface area contributed by atoms with E-state index in [9.17, 15) is 5.11 Å². The topological polar surface area (TPSA) is 32.6 Å². The van der Waals surface area contributed by atoms with Crippen LogP contribution >= 0.6 is 0 Å². The first-order valence-corrected chi connectivity index (χ1v) is 17.4. The molecule has 0 heterocycles. The van der Waals surface area contributed by atoms with Gasteiger partial charge < -0.3 is 5.11 Å². The zero-order valence-electron chi connectivity index (χ0n) is 27.1. The van der Waals surface area contributed by atoms with Crippen LogP contribution in [0.2, 0.25) is 0 Å². The predicted octanol–water partition coefficient (Wildman–Crippen LogP) is 10.1. The number of fused-ring (bicyclic) bond motifs is 3. The van der Waals surface area contributed by atoms with E-state index in [4.69, 9.17) is 4.99 Å². The van der Waals surface area contributed by atoms with Crippen molar-refractivity contribution in [2.75, 3.05) is 0 Å². The molecule has 0 saturated heterocycles. The van der Waals surface area contributed by atoms with Crippen molar-refractivity contribution in [3.05, 3.63) is 77.4 Å². The SMILES string of the molecule is CC(C)(C)c1cc(C#CCCC(C)(C2CCCC2)C2C3C=CC=CC3C3C=CC=CC32)cc(C=NC2CCCCC2)c1O. The van der Waals surface area contributed by atoms with E-state index in [1.165, 1.54) is 44.9 Å². The van der Waals surface area contributed by atoms with Gasteiger partial charge in [0.1, 0.15) is 5.75 Å². The molecule has 3 saturated carbocycles. The van der Waals surface area contributed by atoms with E-state index in [0.717, 1.165) is 48.3 Å². The fraction of sp³-hybridized carbons (Fsp3) is 0.585. The van der Waals surface area contributed by atoms with Crippen molar-refractivity contribution >= 4 is 6.21 Å². The largest absolute Gasteiger partial charge is 0.507 e. The van der Waals surface area contributed by atoms with Gasteiger partial charge in [-0.15, -0.1) is 0 Å². The summed E-state index contributed by atoms with van der Waals surface area (Å²) >= 11 is 0. The second-order valence-corrected chi connectivity index (χ2v) is 15.4. The molecule has 0 aromatic heterocycles. The van der Waals surface area contributed by atoms with Gasteiger partial charge in [-0.1, -0.05) is 120 Å². The Labute approximate surface area is 261 Å². The van der Waals surface area contributed by atoms with Crippen LogP contribution in [0.5, 0.6) is 5.75 Å². The van der Waals surface area contributed by atoms with E-state index in [-0.39, 0.29) is 10.8 Å². The summed E-state index contributed by atoms with van der Waals surface area (Å²) in [6.45, 7) is 9.13. The Morgan fingerprint density at radius 3 is 1.98 bits per heavy atom. The van der Waals surface area contributed by atoms with Crippen LogP contribution in [0.15, 0.2) is 65.7 Å². The molecule has 228 valence electrons. The number of hydrogen-bond donors (Lipinski definition) is 1. The van der Waals surface area contributed by atoms with Gasteiger partial charge in [-0.3, -0.25) is 4.99 Å². The van der Waals surface area contributed by atoms with Gasteiger partial charge in [-0.05, 0) is 90.6 Å². The van der Waals surface area contributed by atoms with Crippen LogP contribution in [0.3, 0.4) is 0 Å². The molecule has 5 aliphatic carbocycles. The first-order chi connectivity index (χ1) is 20.8. The molecule has 0 spiro atoms. The number of phenolic OH excluding ortho intramolecular Hbond substituents is 1. The molecule has 0 radical (unpaired) electrons. The second-order valence-electron chi connectivity index (χ2n) is 15.4. The van der Waals surface area contributed by atoms with Crippen molar-refractivity contribution in [1.82, 2.24) is 0 Å². The third-order valence-corrected chi connectivity index (χ3v) is 11.7. The Balaban J connectivity index is 1.26. The molecule has 2 heteroatoms. The van der Waals surface area contributed by atoms with Gasteiger partial charge in [0.15, 0.2) is 0 Å². The number of hydrogen-bond acceptors (Lipinski definition) is 2.